The van der Waals surface area contributed by atoms with Crippen molar-refractivity contribution in [3.8, 4) is 5.75 Å². The van der Waals surface area contributed by atoms with E-state index < -0.39 is 0 Å². The summed E-state index contributed by atoms with van der Waals surface area (Å²) in [5.74, 6) is 0.0897. The number of amides is 2. The van der Waals surface area contributed by atoms with Crippen LogP contribution in [0, 0.1) is 0 Å². The maximum Gasteiger partial charge on any atom is 0.262 e. The highest BCUT2D eigenvalue weighted by Gasteiger charge is 2.18. The van der Waals surface area contributed by atoms with E-state index in [-0.39, 0.29) is 24.3 Å². The average Bonchev–Trinajstić information content (AvgIpc) is 2.36. The topological polar surface area (TPSA) is 58.6 Å². The molecule has 0 aromatic heterocycles. The first-order valence-corrected chi connectivity index (χ1v) is 5.54. The molecule has 0 radical (unpaired) electrons. The minimum atomic E-state index is -0.213. The lowest BCUT2D eigenvalue weighted by atomic mass is 10.2. The number of nitrogens with zero attached hydrogens (tertiary/aromatic N) is 1. The lowest BCUT2D eigenvalue weighted by Crippen LogP contribution is -2.28. The van der Waals surface area contributed by atoms with Gasteiger partial charge in [-0.05, 0) is 18.2 Å². The molecule has 0 bridgehead atoms. The Morgan fingerprint density at radius 1 is 1.59 bits per heavy atom. The number of fused-ring (bicyclic) bond motifs is 1. The number of hydrogen-bond acceptors (Lipinski definition) is 3. The molecule has 1 aromatic carbocycles. The monoisotopic (exact) mass is 254 g/mol. The zero-order valence-corrected chi connectivity index (χ0v) is 9.95. The summed E-state index contributed by atoms with van der Waals surface area (Å²) in [6.07, 6.45) is 0. The van der Waals surface area contributed by atoms with Gasteiger partial charge >= 0.3 is 0 Å². The summed E-state index contributed by atoms with van der Waals surface area (Å²) in [7, 11) is 1.62. The van der Waals surface area contributed by atoms with E-state index in [0.717, 1.165) is 0 Å². The maximum absolute atomic E-state index is 11.4. The van der Waals surface area contributed by atoms with Crippen LogP contribution in [0.3, 0.4) is 0 Å². The Morgan fingerprint density at radius 2 is 2.35 bits per heavy atom. The molecule has 0 saturated heterocycles. The second kappa shape index (κ2) is 4.63. The number of carbonyl (C=O) groups excluding carboxylic acids is 2. The zero-order valence-electron chi connectivity index (χ0n) is 9.20. The Morgan fingerprint density at radius 3 is 3.06 bits per heavy atom. The van der Waals surface area contributed by atoms with Crippen LogP contribution in [-0.4, -0.2) is 31.3 Å². The predicted octanol–water partition coefficient (Wildman–Crippen LogP) is 1.22. The molecule has 1 aliphatic rings. The van der Waals surface area contributed by atoms with Crippen molar-refractivity contribution < 1.29 is 14.3 Å². The van der Waals surface area contributed by atoms with Crippen LogP contribution in [-0.2, 0) is 9.59 Å². The largest absolute Gasteiger partial charge is 0.482 e. The summed E-state index contributed by atoms with van der Waals surface area (Å²) in [5, 5.41) is 2.68. The van der Waals surface area contributed by atoms with Crippen molar-refractivity contribution in [1.29, 1.82) is 0 Å². The van der Waals surface area contributed by atoms with Crippen LogP contribution in [0.2, 0.25) is 0 Å². The molecule has 2 rings (SSSR count). The number of ether oxygens (including phenoxy) is 1. The third-order valence-corrected chi connectivity index (χ3v) is 2.70. The van der Waals surface area contributed by atoms with Crippen molar-refractivity contribution in [2.24, 2.45) is 0 Å². The molecule has 1 aliphatic heterocycles. The Kier molecular flexibility index (Phi) is 3.19. The summed E-state index contributed by atoms with van der Waals surface area (Å²) in [4.78, 5) is 24.0. The van der Waals surface area contributed by atoms with Crippen molar-refractivity contribution in [2.75, 3.05) is 29.8 Å². The van der Waals surface area contributed by atoms with Crippen LogP contribution in [0.15, 0.2) is 18.2 Å². The molecule has 0 fully saturated rings. The van der Waals surface area contributed by atoms with Crippen LogP contribution in [0.1, 0.15) is 0 Å². The molecule has 1 aromatic rings. The highest BCUT2D eigenvalue weighted by molar-refractivity contribution is 6.29. The third kappa shape index (κ3) is 2.34. The van der Waals surface area contributed by atoms with Gasteiger partial charge in [-0.1, -0.05) is 0 Å². The summed E-state index contributed by atoms with van der Waals surface area (Å²) in [6, 6.07) is 5.12. The van der Waals surface area contributed by atoms with Crippen molar-refractivity contribution >= 4 is 34.8 Å². The van der Waals surface area contributed by atoms with Crippen LogP contribution in [0.25, 0.3) is 0 Å². The minimum absolute atomic E-state index is 0.0167. The number of halogens is 1. The first kappa shape index (κ1) is 11.7. The molecule has 17 heavy (non-hydrogen) atoms. The summed E-state index contributed by atoms with van der Waals surface area (Å²) in [6.45, 7) is 0.0167. The molecule has 2 amide bonds. The van der Waals surface area contributed by atoms with Crippen LogP contribution < -0.4 is 15.0 Å². The number of alkyl halides is 1. The Balaban J connectivity index is 2.29. The van der Waals surface area contributed by atoms with Crippen LogP contribution in [0.4, 0.5) is 11.4 Å². The highest BCUT2D eigenvalue weighted by Crippen LogP contribution is 2.31. The third-order valence-electron chi connectivity index (χ3n) is 2.47. The highest BCUT2D eigenvalue weighted by atomic mass is 35.5. The average molecular weight is 255 g/mol. The van der Waals surface area contributed by atoms with Crippen molar-refractivity contribution in [2.45, 2.75) is 0 Å². The Labute approximate surface area is 103 Å². The molecule has 0 spiro atoms. The van der Waals surface area contributed by atoms with Gasteiger partial charge in [-0.2, -0.15) is 0 Å². The number of benzene rings is 1. The van der Waals surface area contributed by atoms with E-state index >= 15 is 0 Å². The minimum Gasteiger partial charge on any atom is -0.482 e. The Bertz CT molecular complexity index is 476. The van der Waals surface area contributed by atoms with Gasteiger partial charge in [-0.25, -0.2) is 0 Å². The van der Waals surface area contributed by atoms with Gasteiger partial charge in [0.25, 0.3) is 5.91 Å². The number of nitrogens with one attached hydrogen (secondary N) is 1. The quantitative estimate of drug-likeness (QED) is 0.808. The van der Waals surface area contributed by atoms with E-state index in [9.17, 15) is 9.59 Å². The van der Waals surface area contributed by atoms with Gasteiger partial charge in [0.1, 0.15) is 11.6 Å². The molecular weight excluding hydrogens is 244 g/mol. The second-order valence-corrected chi connectivity index (χ2v) is 3.87. The first-order valence-electron chi connectivity index (χ1n) is 5.01. The van der Waals surface area contributed by atoms with Crippen molar-refractivity contribution in [3.63, 3.8) is 0 Å². The van der Waals surface area contributed by atoms with Gasteiger partial charge < -0.3 is 15.0 Å². The fraction of sp³-hybridized carbons (Fsp3) is 0.273. The maximum atomic E-state index is 11.4. The molecule has 0 unspecified atom stereocenters. The van der Waals surface area contributed by atoms with E-state index in [4.69, 9.17) is 16.3 Å². The van der Waals surface area contributed by atoms with Crippen molar-refractivity contribution in [1.82, 2.24) is 0 Å². The number of rotatable bonds is 2. The molecule has 5 nitrogen and oxygen atoms in total. The smallest absolute Gasteiger partial charge is 0.262 e. The fourth-order valence-electron chi connectivity index (χ4n) is 1.51. The van der Waals surface area contributed by atoms with Crippen LogP contribution in [0.5, 0.6) is 5.75 Å². The lowest BCUT2D eigenvalue weighted by Gasteiger charge is -2.21. The van der Waals surface area contributed by atoms with Gasteiger partial charge in [0, 0.05) is 12.7 Å². The fourth-order valence-corrected chi connectivity index (χ4v) is 1.69. The van der Waals surface area contributed by atoms with Gasteiger partial charge in [0.15, 0.2) is 6.61 Å². The van der Waals surface area contributed by atoms with E-state index in [1.54, 1.807) is 25.2 Å². The van der Waals surface area contributed by atoms with Gasteiger partial charge in [0.2, 0.25) is 5.91 Å². The number of anilines is 2. The van der Waals surface area contributed by atoms with Crippen LogP contribution >= 0.6 is 11.6 Å². The zero-order chi connectivity index (χ0) is 12.4. The molecule has 1 N–H and O–H groups in total. The van der Waals surface area contributed by atoms with Gasteiger partial charge in [0.05, 0.1) is 5.69 Å². The predicted molar refractivity (Wildman–Crippen MR) is 64.7 cm³/mol. The first-order chi connectivity index (χ1) is 8.11. The Hall–Kier alpha value is -1.75. The second-order valence-electron chi connectivity index (χ2n) is 3.60. The number of hydrogen-bond donors (Lipinski definition) is 1. The molecule has 90 valence electrons. The van der Waals surface area contributed by atoms with Gasteiger partial charge in [-0.15, -0.1) is 11.6 Å². The normalized spacial score (nSPS) is 13.4. The summed E-state index contributed by atoms with van der Waals surface area (Å²) < 4.78 is 5.22. The van der Waals surface area contributed by atoms with E-state index in [1.807, 2.05) is 0 Å². The molecular formula is C11H11ClN2O3. The molecule has 1 heterocycles. The lowest BCUT2D eigenvalue weighted by molar-refractivity contribution is -0.118. The summed E-state index contributed by atoms with van der Waals surface area (Å²) >= 11 is 5.48. The molecule has 0 atom stereocenters. The molecule has 0 aliphatic carbocycles. The standard InChI is InChI=1S/C11H11ClN2O3/c1-14(11(16)5-12)7-2-3-9-8(4-7)13-10(15)6-17-9/h2-4H,5-6H2,1H3,(H,13,15). The van der Waals surface area contributed by atoms with Crippen molar-refractivity contribution in [3.05, 3.63) is 18.2 Å². The number of carbonyl (C=O) groups is 2. The SMILES string of the molecule is CN(C(=O)CCl)c1ccc2c(c1)NC(=O)CO2. The molecule has 0 saturated carbocycles. The van der Waals surface area contributed by atoms with E-state index in [0.29, 0.717) is 17.1 Å². The molecule has 6 heteroatoms. The van der Waals surface area contributed by atoms with Gasteiger partial charge in [-0.3, -0.25) is 9.59 Å². The summed E-state index contributed by atoms with van der Waals surface area (Å²) in [5.41, 5.74) is 1.22. The van der Waals surface area contributed by atoms with E-state index in [1.165, 1.54) is 4.90 Å². The van der Waals surface area contributed by atoms with E-state index in [2.05, 4.69) is 5.32 Å².